The number of hydrogen-bond acceptors (Lipinski definition) is 4. The number of hydrogen-bond donors (Lipinski definition) is 3. The highest BCUT2D eigenvalue weighted by Gasteiger charge is 2.21. The number of methoxy groups -OCH3 is 1. The highest BCUT2D eigenvalue weighted by molar-refractivity contribution is 5.87. The van der Waals surface area contributed by atoms with Gasteiger partial charge in [0.2, 0.25) is 0 Å². The van der Waals surface area contributed by atoms with Gasteiger partial charge in [0.05, 0.1) is 13.2 Å². The summed E-state index contributed by atoms with van der Waals surface area (Å²) in [6, 6.07) is 3.72. The molecule has 1 aromatic rings. The number of carbonyl (C=O) groups excluding carboxylic acids is 1. The van der Waals surface area contributed by atoms with Crippen LogP contribution in [0.15, 0.2) is 12.1 Å². The minimum atomic E-state index is -0.360. The maximum absolute atomic E-state index is 11.3. The number of esters is 1. The maximum Gasteiger partial charge on any atom is 0.354 e. The molecule has 19 heavy (non-hydrogen) atoms. The van der Waals surface area contributed by atoms with E-state index in [2.05, 4.69) is 15.0 Å². The summed E-state index contributed by atoms with van der Waals surface area (Å²) in [4.78, 5) is 14.3. The summed E-state index contributed by atoms with van der Waals surface area (Å²) >= 11 is 0. The SMILES string of the molecule is COC(=O)c1ccc(CNC2CCCCCC2O)[nH]1. The molecule has 0 bridgehead atoms. The molecule has 0 radical (unpaired) electrons. The minimum Gasteiger partial charge on any atom is -0.464 e. The van der Waals surface area contributed by atoms with Gasteiger partial charge in [-0.1, -0.05) is 19.3 Å². The van der Waals surface area contributed by atoms with Crippen molar-refractivity contribution in [1.29, 1.82) is 0 Å². The van der Waals surface area contributed by atoms with Gasteiger partial charge in [0.15, 0.2) is 0 Å². The van der Waals surface area contributed by atoms with Crippen LogP contribution >= 0.6 is 0 Å². The van der Waals surface area contributed by atoms with Crippen LogP contribution in [0.2, 0.25) is 0 Å². The van der Waals surface area contributed by atoms with Gasteiger partial charge in [0.25, 0.3) is 0 Å². The van der Waals surface area contributed by atoms with Crippen LogP contribution in [0.3, 0.4) is 0 Å². The normalized spacial score (nSPS) is 23.9. The van der Waals surface area contributed by atoms with Crippen molar-refractivity contribution in [2.45, 2.75) is 50.8 Å². The summed E-state index contributed by atoms with van der Waals surface area (Å²) in [5.74, 6) is -0.360. The molecule has 0 amide bonds. The van der Waals surface area contributed by atoms with Crippen LogP contribution in [0.4, 0.5) is 0 Å². The molecular weight excluding hydrogens is 244 g/mol. The molecule has 1 aliphatic carbocycles. The predicted molar refractivity (Wildman–Crippen MR) is 71.9 cm³/mol. The van der Waals surface area contributed by atoms with Crippen molar-refractivity contribution >= 4 is 5.97 Å². The summed E-state index contributed by atoms with van der Waals surface area (Å²) < 4.78 is 4.65. The quantitative estimate of drug-likeness (QED) is 0.571. The van der Waals surface area contributed by atoms with Crippen molar-refractivity contribution in [2.75, 3.05) is 7.11 Å². The Morgan fingerprint density at radius 1 is 1.42 bits per heavy atom. The molecule has 3 N–H and O–H groups in total. The molecule has 1 saturated carbocycles. The zero-order valence-electron chi connectivity index (χ0n) is 11.3. The second-order valence-corrected chi connectivity index (χ2v) is 5.08. The molecule has 5 nitrogen and oxygen atoms in total. The number of rotatable bonds is 4. The lowest BCUT2D eigenvalue weighted by Crippen LogP contribution is -2.38. The van der Waals surface area contributed by atoms with Crippen LogP contribution in [0.1, 0.15) is 48.3 Å². The highest BCUT2D eigenvalue weighted by atomic mass is 16.5. The molecule has 0 aromatic carbocycles. The number of aliphatic hydroxyl groups excluding tert-OH is 1. The van der Waals surface area contributed by atoms with Crippen molar-refractivity contribution < 1.29 is 14.6 Å². The zero-order chi connectivity index (χ0) is 13.7. The van der Waals surface area contributed by atoms with E-state index in [0.717, 1.165) is 31.4 Å². The van der Waals surface area contributed by atoms with Gasteiger partial charge in [-0.3, -0.25) is 0 Å². The zero-order valence-corrected chi connectivity index (χ0v) is 11.3. The van der Waals surface area contributed by atoms with Gasteiger partial charge in [-0.15, -0.1) is 0 Å². The first kappa shape index (κ1) is 14.1. The van der Waals surface area contributed by atoms with E-state index >= 15 is 0 Å². The average Bonchev–Trinajstić information content (AvgIpc) is 2.80. The number of carbonyl (C=O) groups is 1. The van der Waals surface area contributed by atoms with Crippen LogP contribution in [0.25, 0.3) is 0 Å². The lowest BCUT2D eigenvalue weighted by Gasteiger charge is -2.21. The molecule has 0 aliphatic heterocycles. The van der Waals surface area contributed by atoms with Crippen LogP contribution < -0.4 is 5.32 Å². The summed E-state index contributed by atoms with van der Waals surface area (Å²) in [6.07, 6.45) is 5.07. The standard InChI is InChI=1S/C14H22N2O3/c1-19-14(18)12-8-7-10(16-12)9-15-11-5-3-2-4-6-13(11)17/h7-8,11,13,15-17H,2-6,9H2,1H3. The second kappa shape index (κ2) is 6.73. The largest absolute Gasteiger partial charge is 0.464 e. The topological polar surface area (TPSA) is 74.3 Å². The predicted octanol–water partition coefficient (Wildman–Crippen LogP) is 1.58. The molecule has 0 saturated heterocycles. The first-order chi connectivity index (χ1) is 9.20. The molecule has 2 rings (SSSR count). The number of aromatic amines is 1. The van der Waals surface area contributed by atoms with E-state index in [1.165, 1.54) is 13.5 Å². The van der Waals surface area contributed by atoms with Gasteiger partial charge >= 0.3 is 5.97 Å². The molecular formula is C14H22N2O3. The van der Waals surface area contributed by atoms with E-state index in [1.54, 1.807) is 6.07 Å². The van der Waals surface area contributed by atoms with Gasteiger partial charge in [0, 0.05) is 18.3 Å². The molecule has 2 unspecified atom stereocenters. The van der Waals surface area contributed by atoms with Crippen molar-refractivity contribution in [2.24, 2.45) is 0 Å². The van der Waals surface area contributed by atoms with Crippen molar-refractivity contribution in [3.63, 3.8) is 0 Å². The summed E-state index contributed by atoms with van der Waals surface area (Å²) in [5.41, 5.74) is 1.39. The number of ether oxygens (including phenoxy) is 1. The molecule has 1 fully saturated rings. The molecule has 5 heteroatoms. The smallest absolute Gasteiger partial charge is 0.354 e. The minimum absolute atomic E-state index is 0.146. The summed E-state index contributed by atoms with van der Waals surface area (Å²) in [6.45, 7) is 0.624. The van der Waals surface area contributed by atoms with Crippen molar-refractivity contribution in [3.8, 4) is 0 Å². The molecule has 2 atom stereocenters. The molecule has 1 heterocycles. The van der Waals surface area contributed by atoms with Crippen LogP contribution in [-0.4, -0.2) is 35.3 Å². The van der Waals surface area contributed by atoms with Crippen molar-refractivity contribution in [1.82, 2.24) is 10.3 Å². The van der Waals surface area contributed by atoms with E-state index in [-0.39, 0.29) is 18.1 Å². The molecule has 0 spiro atoms. The fourth-order valence-corrected chi connectivity index (χ4v) is 2.54. The Bertz CT molecular complexity index is 417. The lowest BCUT2D eigenvalue weighted by atomic mass is 10.1. The molecule has 1 aliphatic rings. The van der Waals surface area contributed by atoms with E-state index in [4.69, 9.17) is 0 Å². The van der Waals surface area contributed by atoms with Crippen molar-refractivity contribution in [3.05, 3.63) is 23.5 Å². The number of nitrogens with one attached hydrogen (secondary N) is 2. The molecule has 1 aromatic heterocycles. The van der Waals surface area contributed by atoms with Crippen LogP contribution in [0, 0.1) is 0 Å². The van der Waals surface area contributed by atoms with Gasteiger partial charge < -0.3 is 20.1 Å². The second-order valence-electron chi connectivity index (χ2n) is 5.08. The van der Waals surface area contributed by atoms with Crippen LogP contribution in [-0.2, 0) is 11.3 Å². The number of aliphatic hydroxyl groups is 1. The molecule has 106 valence electrons. The van der Waals surface area contributed by atoms with Gasteiger partial charge in [-0.2, -0.15) is 0 Å². The fourth-order valence-electron chi connectivity index (χ4n) is 2.54. The third-order valence-corrected chi connectivity index (χ3v) is 3.69. The first-order valence-electron chi connectivity index (χ1n) is 6.88. The van der Waals surface area contributed by atoms with Gasteiger partial charge in [-0.05, 0) is 25.0 Å². The fraction of sp³-hybridized carbons (Fsp3) is 0.643. The maximum atomic E-state index is 11.3. The van der Waals surface area contributed by atoms with Gasteiger partial charge in [-0.25, -0.2) is 4.79 Å². The average molecular weight is 266 g/mol. The Hall–Kier alpha value is -1.33. The lowest BCUT2D eigenvalue weighted by molar-refractivity contribution is 0.0594. The van der Waals surface area contributed by atoms with E-state index < -0.39 is 0 Å². The Kier molecular flexibility index (Phi) is 4.99. The van der Waals surface area contributed by atoms with Gasteiger partial charge in [0.1, 0.15) is 5.69 Å². The summed E-state index contributed by atoms with van der Waals surface area (Å²) in [5, 5.41) is 13.4. The van der Waals surface area contributed by atoms with Crippen LogP contribution in [0.5, 0.6) is 0 Å². The first-order valence-corrected chi connectivity index (χ1v) is 6.88. The third kappa shape index (κ3) is 3.81. The monoisotopic (exact) mass is 266 g/mol. The van der Waals surface area contributed by atoms with E-state index in [1.807, 2.05) is 6.07 Å². The Labute approximate surface area is 113 Å². The Morgan fingerprint density at radius 3 is 3.00 bits per heavy atom. The third-order valence-electron chi connectivity index (χ3n) is 3.69. The Balaban J connectivity index is 1.87. The van der Waals surface area contributed by atoms with E-state index in [9.17, 15) is 9.90 Å². The highest BCUT2D eigenvalue weighted by Crippen LogP contribution is 2.18. The number of aromatic nitrogens is 1. The van der Waals surface area contributed by atoms with E-state index in [0.29, 0.717) is 12.2 Å². The number of H-pyrrole nitrogens is 1. The Morgan fingerprint density at radius 2 is 2.21 bits per heavy atom. The summed E-state index contributed by atoms with van der Waals surface area (Å²) in [7, 11) is 1.36.